The lowest BCUT2D eigenvalue weighted by molar-refractivity contribution is -0.138. The second-order valence-electron chi connectivity index (χ2n) is 13.8. The maximum Gasteiger partial charge on any atom is 0.417 e. The van der Waals surface area contributed by atoms with Crippen molar-refractivity contribution in [2.45, 2.75) is 24.9 Å². The van der Waals surface area contributed by atoms with E-state index in [4.69, 9.17) is 27.2 Å². The third-order valence-corrected chi connectivity index (χ3v) is 9.04. The Balaban J connectivity index is 0.000000172. The molecule has 0 radical (unpaired) electrons. The zero-order valence-electron chi connectivity index (χ0n) is 36.9. The number of nitrogens with one attached hydrogen (secondary N) is 1. The van der Waals surface area contributed by atoms with Crippen LogP contribution in [0.2, 0.25) is 0 Å². The molecule has 0 aromatic carbocycles. The number of nitrogens with zero attached hydrogens (tertiary/aromatic N) is 21. The number of nitrogen functional groups attached to an aromatic ring is 1. The van der Waals surface area contributed by atoms with Crippen LogP contribution in [-0.2, 0) is 24.9 Å². The second kappa shape index (κ2) is 23.8. The van der Waals surface area contributed by atoms with Gasteiger partial charge < -0.3 is 22.0 Å². The molecule has 0 unspecified atom stereocenters. The lowest BCUT2D eigenvalue weighted by Gasteiger charge is -2.06. The standard InChI is InChI=1S/C14H8F3N7.C13H10F3N9O.C8H6F3N5.C5H2BrN3/c15-14(16,17)9-1-2-13(21-5-9)24-8-22-12(23-24)3-10-6-20-11(4-18)7-19-10;14-13(15,16)7-1-2-10(20-3-7)25-6-21-12(23-25)22-9-5-18-8(4-19-9)11(17)24-26;9-8(10,11)5-1-2-6(13-3-5)16-4-14-7(12)15-16;6-5-3-8-4(1-7)2-9-5/h1-2,5-8H,3H2;1-6,26H,(H2,17,24)(H,19,22,23);1-4H,(H2,12,15);2-3H. The molecular weight excluding hydrogens is 1080 g/mol. The molecule has 0 spiro atoms. The highest BCUT2D eigenvalue weighted by Crippen LogP contribution is 2.30. The molecule has 382 valence electrons. The van der Waals surface area contributed by atoms with Gasteiger partial charge in [0, 0.05) is 18.6 Å². The van der Waals surface area contributed by atoms with Crippen molar-refractivity contribution in [1.82, 2.24) is 89.1 Å². The Kier molecular flexibility index (Phi) is 17.2. The molecule has 9 heterocycles. The first-order chi connectivity index (χ1) is 35.6. The van der Waals surface area contributed by atoms with E-state index in [1.165, 1.54) is 88.4 Å². The van der Waals surface area contributed by atoms with Gasteiger partial charge in [-0.25, -0.2) is 63.9 Å². The SMILES string of the molecule is N#Cc1cnc(Br)cn1.N#Cc1cnc(Cc2ncn(-c3ccc(C(F)(F)F)cn3)n2)cn1.N/C(=N\O)c1cnc(Nc2ncn(-c3ccc(C(F)(F)F)cn3)n2)cn1.Nc1ncn(-c2ccc(C(F)(F)F)cn2)n1. The summed E-state index contributed by atoms with van der Waals surface area (Å²) in [6.45, 7) is 0. The molecule has 0 saturated carbocycles. The largest absolute Gasteiger partial charge is 0.417 e. The normalized spacial score (nSPS) is 11.3. The smallest absolute Gasteiger partial charge is 0.409 e. The lowest BCUT2D eigenvalue weighted by atomic mass is 10.3. The van der Waals surface area contributed by atoms with Gasteiger partial charge in [0.25, 0.3) is 0 Å². The molecule has 0 fully saturated rings. The number of hydrogen-bond donors (Lipinski definition) is 4. The van der Waals surface area contributed by atoms with Crippen molar-refractivity contribution in [3.63, 3.8) is 0 Å². The Bertz CT molecular complexity index is 3390. The molecule has 0 atom stereocenters. The number of hydrogen-bond acceptors (Lipinski definition) is 21. The van der Waals surface area contributed by atoms with E-state index < -0.39 is 35.2 Å². The van der Waals surface area contributed by atoms with E-state index in [2.05, 4.69) is 102 Å². The number of alkyl halides is 9. The summed E-state index contributed by atoms with van der Waals surface area (Å²) in [7, 11) is 0. The number of oxime groups is 1. The van der Waals surface area contributed by atoms with E-state index in [1.807, 2.05) is 12.1 Å². The van der Waals surface area contributed by atoms with Crippen molar-refractivity contribution in [2.24, 2.45) is 10.9 Å². The van der Waals surface area contributed by atoms with Crippen LogP contribution in [0.25, 0.3) is 17.5 Å². The van der Waals surface area contributed by atoms with Gasteiger partial charge in [0.1, 0.15) is 41.4 Å². The van der Waals surface area contributed by atoms with Gasteiger partial charge in [0.15, 0.2) is 46.3 Å². The van der Waals surface area contributed by atoms with E-state index in [0.717, 1.165) is 30.6 Å². The Morgan fingerprint density at radius 1 is 0.573 bits per heavy atom. The highest BCUT2D eigenvalue weighted by Gasteiger charge is 2.32. The molecule has 0 amide bonds. The third-order valence-electron chi connectivity index (χ3n) is 8.63. The average molecular weight is 1110 g/mol. The summed E-state index contributed by atoms with van der Waals surface area (Å²) >= 11 is 3.09. The van der Waals surface area contributed by atoms with Crippen molar-refractivity contribution >= 4 is 39.5 Å². The molecular formula is C40H26BrF9N24O. The number of nitriles is 2. The van der Waals surface area contributed by atoms with E-state index in [1.54, 1.807) is 0 Å². The Labute approximate surface area is 420 Å². The maximum absolute atomic E-state index is 12.5. The molecule has 9 rings (SSSR count). The summed E-state index contributed by atoms with van der Waals surface area (Å²) in [4.78, 5) is 46.1. The molecule has 35 heteroatoms. The highest BCUT2D eigenvalue weighted by atomic mass is 79.9. The van der Waals surface area contributed by atoms with Gasteiger partial charge in [0.2, 0.25) is 11.9 Å². The number of halogens is 10. The number of pyridine rings is 3. The van der Waals surface area contributed by atoms with Crippen LogP contribution in [0.1, 0.15) is 45.3 Å². The van der Waals surface area contributed by atoms with Crippen molar-refractivity contribution in [3.05, 3.63) is 161 Å². The number of aromatic nitrogens is 18. The molecule has 0 aliphatic heterocycles. The second-order valence-corrected chi connectivity index (χ2v) is 14.6. The molecule has 75 heavy (non-hydrogen) atoms. The van der Waals surface area contributed by atoms with Crippen LogP contribution in [0, 0.1) is 22.7 Å². The Morgan fingerprint density at radius 2 is 1.08 bits per heavy atom. The molecule has 0 bridgehead atoms. The van der Waals surface area contributed by atoms with Gasteiger partial charge in [0.05, 0.1) is 66.0 Å². The number of amidine groups is 1. The monoisotopic (exact) mass is 1110 g/mol. The van der Waals surface area contributed by atoms with Gasteiger partial charge in [-0.05, 0) is 52.3 Å². The topological polar surface area (TPSA) is 352 Å². The van der Waals surface area contributed by atoms with Crippen LogP contribution in [-0.4, -0.2) is 100 Å². The molecule has 0 saturated heterocycles. The minimum absolute atomic E-state index is 0.0293. The summed E-state index contributed by atoms with van der Waals surface area (Å²) in [6.07, 6.45) is 1.29. The summed E-state index contributed by atoms with van der Waals surface area (Å²) in [5.41, 5.74) is 9.39. The number of nitrogens with two attached hydrogens (primary N) is 2. The van der Waals surface area contributed by atoms with Gasteiger partial charge >= 0.3 is 18.5 Å². The molecule has 9 aromatic heterocycles. The van der Waals surface area contributed by atoms with Crippen molar-refractivity contribution in [2.75, 3.05) is 11.1 Å². The summed E-state index contributed by atoms with van der Waals surface area (Å²) in [5.74, 6) is 1.23. The van der Waals surface area contributed by atoms with Crippen LogP contribution in [0.4, 0.5) is 57.2 Å². The van der Waals surface area contributed by atoms with Crippen molar-refractivity contribution in [3.8, 4) is 29.6 Å². The van der Waals surface area contributed by atoms with Gasteiger partial charge in [-0.15, -0.1) is 15.3 Å². The first kappa shape index (κ1) is 54.1. The van der Waals surface area contributed by atoms with E-state index in [0.29, 0.717) is 28.0 Å². The highest BCUT2D eigenvalue weighted by molar-refractivity contribution is 9.10. The van der Waals surface area contributed by atoms with E-state index in [9.17, 15) is 39.5 Å². The molecule has 25 nitrogen and oxygen atoms in total. The zero-order valence-corrected chi connectivity index (χ0v) is 38.5. The van der Waals surface area contributed by atoms with Gasteiger partial charge in [-0.3, -0.25) is 4.98 Å². The lowest BCUT2D eigenvalue weighted by Crippen LogP contribution is -2.15. The van der Waals surface area contributed by atoms with Gasteiger partial charge in [-0.2, -0.15) is 55.0 Å². The fourth-order valence-electron chi connectivity index (χ4n) is 5.10. The van der Waals surface area contributed by atoms with Crippen LogP contribution < -0.4 is 16.8 Å². The molecule has 0 aliphatic carbocycles. The summed E-state index contributed by atoms with van der Waals surface area (Å²) < 4.78 is 116. The van der Waals surface area contributed by atoms with Crippen LogP contribution in [0.5, 0.6) is 0 Å². The quantitative estimate of drug-likeness (QED) is 0.0471. The Morgan fingerprint density at radius 3 is 1.49 bits per heavy atom. The molecule has 0 aliphatic rings. The summed E-state index contributed by atoms with van der Waals surface area (Å²) in [5, 5.41) is 42.9. The van der Waals surface area contributed by atoms with Crippen LogP contribution >= 0.6 is 15.9 Å². The van der Waals surface area contributed by atoms with Crippen LogP contribution in [0.3, 0.4) is 0 Å². The minimum atomic E-state index is -4.46. The predicted molar refractivity (Wildman–Crippen MR) is 239 cm³/mol. The van der Waals surface area contributed by atoms with Crippen molar-refractivity contribution < 1.29 is 44.7 Å². The van der Waals surface area contributed by atoms with Crippen molar-refractivity contribution in [1.29, 1.82) is 10.5 Å². The average Bonchev–Trinajstić information content (AvgIpc) is 4.19. The zero-order chi connectivity index (χ0) is 54.3. The van der Waals surface area contributed by atoms with E-state index >= 15 is 0 Å². The van der Waals surface area contributed by atoms with E-state index in [-0.39, 0.29) is 58.8 Å². The predicted octanol–water partition coefficient (Wildman–Crippen LogP) is 5.62. The molecule has 9 aromatic rings. The summed E-state index contributed by atoms with van der Waals surface area (Å²) in [6, 6.07) is 10.0. The first-order valence-corrected chi connectivity index (χ1v) is 20.7. The van der Waals surface area contributed by atoms with Crippen LogP contribution in [0.15, 0.2) is 121 Å². The molecule has 6 N–H and O–H groups in total. The first-order valence-electron chi connectivity index (χ1n) is 19.9. The number of rotatable bonds is 8. The fraction of sp³-hybridized carbons (Fsp3) is 0.100. The Hall–Kier alpha value is -10.2. The fourth-order valence-corrected chi connectivity index (χ4v) is 5.30. The third kappa shape index (κ3) is 15.6. The minimum Gasteiger partial charge on any atom is -0.409 e. The van der Waals surface area contributed by atoms with Gasteiger partial charge in [-0.1, -0.05) is 5.16 Å². The number of anilines is 3. The maximum atomic E-state index is 12.5.